The van der Waals surface area contributed by atoms with E-state index in [2.05, 4.69) is 33.0 Å². The average molecular weight is 225 g/mol. The van der Waals surface area contributed by atoms with Crippen molar-refractivity contribution >= 4 is 0 Å². The number of nitrogens with one attached hydrogen (secondary N) is 1. The maximum Gasteiger partial charge on any atom is 0.00644 e. The van der Waals surface area contributed by atoms with Gasteiger partial charge in [-0.25, -0.2) is 0 Å². The van der Waals surface area contributed by atoms with E-state index in [4.69, 9.17) is 0 Å². The van der Waals surface area contributed by atoms with Crippen molar-refractivity contribution in [3.8, 4) is 0 Å². The molecule has 0 bridgehead atoms. The van der Waals surface area contributed by atoms with E-state index in [1.165, 1.54) is 38.5 Å². The molecule has 0 aromatic carbocycles. The summed E-state index contributed by atoms with van der Waals surface area (Å²) in [5, 5.41) is 3.59. The van der Waals surface area contributed by atoms with Gasteiger partial charge in [0.2, 0.25) is 0 Å². The Labute approximate surface area is 102 Å². The van der Waals surface area contributed by atoms with Crippen molar-refractivity contribution < 1.29 is 0 Å². The van der Waals surface area contributed by atoms with Crippen molar-refractivity contribution in [3.05, 3.63) is 0 Å². The summed E-state index contributed by atoms with van der Waals surface area (Å²) in [6.07, 6.45) is 8.53. The summed E-state index contributed by atoms with van der Waals surface area (Å²) in [5.41, 5.74) is 0. The predicted octanol–water partition coefficient (Wildman–Crippen LogP) is 4.23. The van der Waals surface area contributed by atoms with E-state index in [-0.39, 0.29) is 0 Å². The van der Waals surface area contributed by atoms with Crippen LogP contribution in [0.3, 0.4) is 0 Å². The molecule has 0 aliphatic heterocycles. The fourth-order valence-electron chi connectivity index (χ4n) is 3.53. The molecule has 0 amide bonds. The molecule has 1 fully saturated rings. The largest absolute Gasteiger partial charge is 0.314 e. The maximum absolute atomic E-state index is 3.59. The minimum atomic E-state index is 0.762. The van der Waals surface area contributed by atoms with Crippen LogP contribution in [0.25, 0.3) is 0 Å². The topological polar surface area (TPSA) is 12.0 Å². The summed E-state index contributed by atoms with van der Waals surface area (Å²) in [5.74, 6) is 2.94. The Balaban J connectivity index is 2.25. The van der Waals surface area contributed by atoms with Gasteiger partial charge in [-0.3, -0.25) is 0 Å². The zero-order chi connectivity index (χ0) is 12.0. The first kappa shape index (κ1) is 14.0. The molecule has 1 aliphatic rings. The maximum atomic E-state index is 3.59. The van der Waals surface area contributed by atoms with Gasteiger partial charge in [-0.05, 0) is 62.8 Å². The molecule has 96 valence electrons. The normalized spacial score (nSPS) is 32.6. The van der Waals surface area contributed by atoms with Gasteiger partial charge in [-0.2, -0.15) is 0 Å². The third-order valence-corrected chi connectivity index (χ3v) is 4.19. The van der Waals surface area contributed by atoms with Crippen LogP contribution >= 0.6 is 0 Å². The minimum Gasteiger partial charge on any atom is -0.314 e. The fourth-order valence-corrected chi connectivity index (χ4v) is 3.53. The highest BCUT2D eigenvalue weighted by molar-refractivity contribution is 4.76. The second-order valence-corrected chi connectivity index (χ2v) is 6.02. The van der Waals surface area contributed by atoms with Crippen molar-refractivity contribution in [2.75, 3.05) is 6.54 Å². The molecule has 0 saturated heterocycles. The quantitative estimate of drug-likeness (QED) is 0.713. The van der Waals surface area contributed by atoms with E-state index in [0.29, 0.717) is 0 Å². The van der Waals surface area contributed by atoms with Crippen molar-refractivity contribution in [1.82, 2.24) is 5.32 Å². The second kappa shape index (κ2) is 7.32. The first-order chi connectivity index (χ1) is 7.65. The van der Waals surface area contributed by atoms with Gasteiger partial charge in [-0.15, -0.1) is 0 Å². The van der Waals surface area contributed by atoms with Gasteiger partial charge in [0.25, 0.3) is 0 Å². The molecule has 0 aromatic heterocycles. The lowest BCUT2D eigenvalue weighted by atomic mass is 9.75. The molecule has 0 heterocycles. The SMILES string of the molecule is CCNC(CC)CCC1CC(C)CC(C)C1. The minimum absolute atomic E-state index is 0.762. The molecular formula is C15H31N. The highest BCUT2D eigenvalue weighted by atomic mass is 14.9. The Kier molecular flexibility index (Phi) is 6.41. The van der Waals surface area contributed by atoms with Gasteiger partial charge in [0.05, 0.1) is 0 Å². The van der Waals surface area contributed by atoms with Crippen molar-refractivity contribution in [2.45, 2.75) is 72.3 Å². The van der Waals surface area contributed by atoms with E-state index in [1.807, 2.05) is 0 Å². The van der Waals surface area contributed by atoms with Gasteiger partial charge in [0, 0.05) is 6.04 Å². The standard InChI is InChI=1S/C15H31N/c1-5-15(16-6-2)8-7-14-10-12(3)9-13(4)11-14/h12-16H,5-11H2,1-4H3. The Hall–Kier alpha value is -0.0400. The van der Waals surface area contributed by atoms with E-state index in [1.54, 1.807) is 0 Å². The van der Waals surface area contributed by atoms with Gasteiger partial charge < -0.3 is 5.32 Å². The Morgan fingerprint density at radius 1 is 1.06 bits per heavy atom. The highest BCUT2D eigenvalue weighted by Crippen LogP contribution is 2.35. The number of hydrogen-bond donors (Lipinski definition) is 1. The molecule has 1 rings (SSSR count). The molecule has 1 heteroatoms. The lowest BCUT2D eigenvalue weighted by Crippen LogP contribution is -2.29. The molecule has 1 N–H and O–H groups in total. The van der Waals surface area contributed by atoms with E-state index in [0.717, 1.165) is 30.3 Å². The molecular weight excluding hydrogens is 194 g/mol. The number of rotatable bonds is 6. The first-order valence-electron chi connectivity index (χ1n) is 7.39. The zero-order valence-electron chi connectivity index (χ0n) is 11.8. The molecule has 0 radical (unpaired) electrons. The monoisotopic (exact) mass is 225 g/mol. The molecule has 3 unspecified atom stereocenters. The molecule has 16 heavy (non-hydrogen) atoms. The Bertz CT molecular complexity index is 168. The van der Waals surface area contributed by atoms with E-state index in [9.17, 15) is 0 Å². The molecule has 0 aromatic rings. The van der Waals surface area contributed by atoms with Crippen LogP contribution in [0.15, 0.2) is 0 Å². The first-order valence-corrected chi connectivity index (χ1v) is 7.39. The van der Waals surface area contributed by atoms with Crippen LogP contribution in [0.4, 0.5) is 0 Å². The molecule has 3 atom stereocenters. The Morgan fingerprint density at radius 3 is 2.19 bits per heavy atom. The highest BCUT2D eigenvalue weighted by Gasteiger charge is 2.24. The van der Waals surface area contributed by atoms with Crippen LogP contribution in [-0.2, 0) is 0 Å². The van der Waals surface area contributed by atoms with Gasteiger partial charge in [0.1, 0.15) is 0 Å². The third kappa shape index (κ3) is 4.86. The van der Waals surface area contributed by atoms with Gasteiger partial charge in [0.15, 0.2) is 0 Å². The van der Waals surface area contributed by atoms with Crippen molar-refractivity contribution in [1.29, 1.82) is 0 Å². The lowest BCUT2D eigenvalue weighted by Gasteiger charge is -2.32. The summed E-state index contributed by atoms with van der Waals surface area (Å²) in [7, 11) is 0. The number of hydrogen-bond acceptors (Lipinski definition) is 1. The molecule has 1 aliphatic carbocycles. The van der Waals surface area contributed by atoms with Crippen LogP contribution < -0.4 is 5.32 Å². The van der Waals surface area contributed by atoms with Crippen LogP contribution in [0.2, 0.25) is 0 Å². The summed E-state index contributed by atoms with van der Waals surface area (Å²) < 4.78 is 0. The smallest absolute Gasteiger partial charge is 0.00644 e. The predicted molar refractivity (Wildman–Crippen MR) is 72.7 cm³/mol. The van der Waals surface area contributed by atoms with Gasteiger partial charge in [-0.1, -0.05) is 27.7 Å². The van der Waals surface area contributed by atoms with E-state index >= 15 is 0 Å². The molecule has 1 saturated carbocycles. The third-order valence-electron chi connectivity index (χ3n) is 4.19. The van der Waals surface area contributed by atoms with Crippen LogP contribution in [0.1, 0.15) is 66.2 Å². The molecule has 1 nitrogen and oxygen atoms in total. The van der Waals surface area contributed by atoms with Crippen molar-refractivity contribution in [3.63, 3.8) is 0 Å². The summed E-state index contributed by atoms with van der Waals surface area (Å²) in [6, 6.07) is 0.762. The Morgan fingerprint density at radius 2 is 1.69 bits per heavy atom. The summed E-state index contributed by atoms with van der Waals surface area (Å²) >= 11 is 0. The zero-order valence-corrected chi connectivity index (χ0v) is 11.8. The average Bonchev–Trinajstić information content (AvgIpc) is 2.23. The lowest BCUT2D eigenvalue weighted by molar-refractivity contribution is 0.202. The van der Waals surface area contributed by atoms with Gasteiger partial charge >= 0.3 is 0 Å². The second-order valence-electron chi connectivity index (χ2n) is 6.02. The van der Waals surface area contributed by atoms with E-state index < -0.39 is 0 Å². The molecule has 0 spiro atoms. The summed E-state index contributed by atoms with van der Waals surface area (Å²) in [6.45, 7) is 10.5. The van der Waals surface area contributed by atoms with Crippen LogP contribution in [-0.4, -0.2) is 12.6 Å². The summed E-state index contributed by atoms with van der Waals surface area (Å²) in [4.78, 5) is 0. The van der Waals surface area contributed by atoms with Crippen LogP contribution in [0, 0.1) is 17.8 Å². The van der Waals surface area contributed by atoms with Crippen molar-refractivity contribution in [2.24, 2.45) is 17.8 Å². The fraction of sp³-hybridized carbons (Fsp3) is 1.00. The van der Waals surface area contributed by atoms with Crippen LogP contribution in [0.5, 0.6) is 0 Å².